The van der Waals surface area contributed by atoms with Gasteiger partial charge in [0.25, 0.3) is 7.82 Å². The summed E-state index contributed by atoms with van der Waals surface area (Å²) < 4.78 is 21.1. The number of aliphatic hydroxyl groups excluding tert-OH is 1. The Hall–Kier alpha value is -2.61. The number of benzene rings is 2. The van der Waals surface area contributed by atoms with Crippen LogP contribution in [0.3, 0.4) is 0 Å². The van der Waals surface area contributed by atoms with E-state index >= 15 is 0 Å². The van der Waals surface area contributed by atoms with Gasteiger partial charge in [0.15, 0.2) is 0 Å². The number of nitrogens with zero attached hydrogens (tertiary/aromatic N) is 1. The lowest BCUT2D eigenvalue weighted by molar-refractivity contribution is -0.228. The van der Waals surface area contributed by atoms with E-state index in [1.807, 2.05) is 48.5 Å². The third-order valence-electron chi connectivity index (χ3n) is 5.09. The maximum Gasteiger partial charge on any atom is 0.268 e. The van der Waals surface area contributed by atoms with Crippen LogP contribution >= 0.6 is 7.82 Å². The molecule has 1 heterocycles. The van der Waals surface area contributed by atoms with Crippen LogP contribution in [0.15, 0.2) is 54.7 Å². The Labute approximate surface area is 199 Å². The van der Waals surface area contributed by atoms with Gasteiger partial charge >= 0.3 is 0 Å². The van der Waals surface area contributed by atoms with Gasteiger partial charge in [-0.2, -0.15) is 0 Å². The molecule has 3 rings (SSSR count). The number of carbonyl (C=O) groups excluding carboxylic acids is 1. The molecular weight excluding hydrogens is 455 g/mol. The zero-order valence-corrected chi connectivity index (χ0v) is 20.3. The highest BCUT2D eigenvalue weighted by Crippen LogP contribution is 2.39. The molecule has 0 aliphatic rings. The van der Waals surface area contributed by atoms with Crippen LogP contribution in [-0.4, -0.2) is 41.9 Å². The number of nitrogens with one attached hydrogen (secondary N) is 1. The van der Waals surface area contributed by atoms with E-state index in [4.69, 9.17) is 9.05 Å². The van der Waals surface area contributed by atoms with E-state index in [2.05, 4.69) is 10.3 Å². The molecule has 9 heteroatoms. The molecule has 0 bridgehead atoms. The summed E-state index contributed by atoms with van der Waals surface area (Å²) in [5.74, 6) is -0.200. The van der Waals surface area contributed by atoms with Crippen LogP contribution in [0.4, 0.5) is 0 Å². The van der Waals surface area contributed by atoms with Gasteiger partial charge in [0.05, 0.1) is 24.6 Å². The van der Waals surface area contributed by atoms with E-state index in [-0.39, 0.29) is 32.1 Å². The minimum atomic E-state index is -4.33. The fourth-order valence-corrected chi connectivity index (χ4v) is 4.66. The largest absolute Gasteiger partial charge is 0.756 e. The molecule has 0 spiro atoms. The number of para-hydroxylation sites is 1. The summed E-state index contributed by atoms with van der Waals surface area (Å²) in [6.07, 6.45) is 2.17. The van der Waals surface area contributed by atoms with Crippen molar-refractivity contribution in [3.05, 3.63) is 65.9 Å². The molecule has 8 nitrogen and oxygen atoms in total. The molecule has 1 atom stereocenters. The number of pyridine rings is 1. The molecule has 0 fully saturated rings. The molecule has 0 saturated carbocycles. The molecule has 2 aromatic carbocycles. The highest BCUT2D eigenvalue weighted by molar-refractivity contribution is 7.45. The van der Waals surface area contributed by atoms with Gasteiger partial charge in [-0.05, 0) is 48.9 Å². The first-order valence-corrected chi connectivity index (χ1v) is 12.7. The van der Waals surface area contributed by atoms with Crippen LogP contribution < -0.4 is 10.2 Å². The third-order valence-corrected chi connectivity index (χ3v) is 6.27. The van der Waals surface area contributed by atoms with E-state index in [1.165, 1.54) is 0 Å². The predicted octanol–water partition coefficient (Wildman–Crippen LogP) is 3.40. The van der Waals surface area contributed by atoms with E-state index < -0.39 is 13.9 Å². The fraction of sp³-hybridized carbons (Fsp3) is 0.360. The minimum Gasteiger partial charge on any atom is -0.756 e. The molecule has 1 aromatic heterocycles. The van der Waals surface area contributed by atoms with E-state index in [9.17, 15) is 19.4 Å². The smallest absolute Gasteiger partial charge is 0.268 e. The standard InChI is InChI=1S/C25H31N2O6P/c1-18(2)33-34(30,31)32-15-7-13-26-23(29)16-21-17-27-25-20(12-14-28)10-6-11-22(25)24(21)19-8-4-3-5-9-19/h3-6,8-11,17-18,28H,7,12-16H2,1-2H3,(H,26,29)(H,30,31)/p-1. The second-order valence-corrected chi connectivity index (χ2v) is 9.49. The number of phosphoric acid groups is 1. The summed E-state index contributed by atoms with van der Waals surface area (Å²) in [6, 6.07) is 15.7. The lowest BCUT2D eigenvalue weighted by Crippen LogP contribution is -2.27. The highest BCUT2D eigenvalue weighted by Gasteiger charge is 2.16. The molecule has 34 heavy (non-hydrogen) atoms. The van der Waals surface area contributed by atoms with Crippen molar-refractivity contribution < 1.29 is 28.4 Å². The van der Waals surface area contributed by atoms with Crippen LogP contribution in [0.5, 0.6) is 0 Å². The van der Waals surface area contributed by atoms with Gasteiger partial charge in [-0.25, -0.2) is 0 Å². The zero-order chi connectivity index (χ0) is 24.6. The van der Waals surface area contributed by atoms with E-state index in [1.54, 1.807) is 20.0 Å². The van der Waals surface area contributed by atoms with Crippen molar-refractivity contribution in [1.29, 1.82) is 0 Å². The van der Waals surface area contributed by atoms with Crippen LogP contribution in [-0.2, 0) is 31.2 Å². The number of aliphatic hydroxyl groups is 1. The first kappa shape index (κ1) is 26.0. The number of hydrogen-bond donors (Lipinski definition) is 2. The van der Waals surface area contributed by atoms with Gasteiger partial charge in [0, 0.05) is 24.7 Å². The monoisotopic (exact) mass is 485 g/mol. The number of amides is 1. The summed E-state index contributed by atoms with van der Waals surface area (Å²) >= 11 is 0. The summed E-state index contributed by atoms with van der Waals surface area (Å²) in [5.41, 5.74) is 4.45. The van der Waals surface area contributed by atoms with Crippen LogP contribution in [0.2, 0.25) is 0 Å². The van der Waals surface area contributed by atoms with Gasteiger partial charge in [-0.1, -0.05) is 48.5 Å². The lowest BCUT2D eigenvalue weighted by atomic mass is 9.93. The summed E-state index contributed by atoms with van der Waals surface area (Å²) in [5, 5.41) is 13.1. The number of hydrogen-bond acceptors (Lipinski definition) is 7. The Kier molecular flexibility index (Phi) is 9.33. The Balaban J connectivity index is 1.72. The molecule has 0 aliphatic heterocycles. The summed E-state index contributed by atoms with van der Waals surface area (Å²) in [4.78, 5) is 28.9. The molecule has 1 amide bonds. The van der Waals surface area contributed by atoms with Crippen molar-refractivity contribution in [2.45, 2.75) is 39.2 Å². The number of fused-ring (bicyclic) bond motifs is 1. The number of carbonyl (C=O) groups is 1. The number of aromatic nitrogens is 1. The SMILES string of the molecule is CC(C)OP(=O)([O-])OCCCNC(=O)Cc1cnc2c(CCO)cccc2c1-c1ccccc1. The maximum atomic E-state index is 12.7. The molecule has 1 unspecified atom stereocenters. The zero-order valence-electron chi connectivity index (χ0n) is 19.4. The fourth-order valence-electron chi connectivity index (χ4n) is 3.73. The van der Waals surface area contributed by atoms with E-state index in [0.717, 1.165) is 33.2 Å². The maximum absolute atomic E-state index is 12.7. The second-order valence-electron chi connectivity index (χ2n) is 8.13. The average Bonchev–Trinajstić information content (AvgIpc) is 2.78. The van der Waals surface area contributed by atoms with Crippen molar-refractivity contribution in [3.63, 3.8) is 0 Å². The van der Waals surface area contributed by atoms with Gasteiger partial charge in [0.2, 0.25) is 5.91 Å². The van der Waals surface area contributed by atoms with Crippen molar-refractivity contribution >= 4 is 24.6 Å². The van der Waals surface area contributed by atoms with Gasteiger partial charge in [-0.15, -0.1) is 0 Å². The molecular formula is C25H30N2O6P-. The first-order chi connectivity index (χ1) is 16.3. The normalized spacial score (nSPS) is 13.2. The number of rotatable bonds is 12. The quantitative estimate of drug-likeness (QED) is 0.298. The lowest BCUT2D eigenvalue weighted by Gasteiger charge is -2.24. The Morgan fingerprint density at radius 2 is 1.91 bits per heavy atom. The Bertz CT molecular complexity index is 1150. The third kappa shape index (κ3) is 7.19. The number of phosphoric ester groups is 1. The van der Waals surface area contributed by atoms with Crippen molar-refractivity contribution in [2.75, 3.05) is 19.8 Å². The van der Waals surface area contributed by atoms with Crippen molar-refractivity contribution in [1.82, 2.24) is 10.3 Å². The topological polar surface area (TPSA) is 121 Å². The van der Waals surface area contributed by atoms with E-state index in [0.29, 0.717) is 12.8 Å². The van der Waals surface area contributed by atoms with Crippen LogP contribution in [0, 0.1) is 0 Å². The predicted molar refractivity (Wildman–Crippen MR) is 129 cm³/mol. The molecule has 0 radical (unpaired) electrons. The van der Waals surface area contributed by atoms with Crippen molar-refractivity contribution in [2.24, 2.45) is 0 Å². The summed E-state index contributed by atoms with van der Waals surface area (Å²) in [6.45, 7) is 3.43. The highest BCUT2D eigenvalue weighted by atomic mass is 31.2. The van der Waals surface area contributed by atoms with Gasteiger partial charge in [0.1, 0.15) is 0 Å². The molecule has 2 N–H and O–H groups in total. The van der Waals surface area contributed by atoms with Gasteiger partial charge in [-0.3, -0.25) is 14.3 Å². The van der Waals surface area contributed by atoms with Gasteiger partial charge < -0.3 is 24.4 Å². The molecule has 0 aliphatic carbocycles. The minimum absolute atomic E-state index is 0.0285. The van der Waals surface area contributed by atoms with Crippen LogP contribution in [0.25, 0.3) is 22.0 Å². The average molecular weight is 485 g/mol. The van der Waals surface area contributed by atoms with Crippen molar-refractivity contribution in [3.8, 4) is 11.1 Å². The molecule has 182 valence electrons. The summed E-state index contributed by atoms with van der Waals surface area (Å²) in [7, 11) is -4.33. The molecule has 3 aromatic rings. The first-order valence-electron chi connectivity index (χ1n) is 11.3. The second kappa shape index (κ2) is 12.2. The van der Waals surface area contributed by atoms with Crippen LogP contribution in [0.1, 0.15) is 31.4 Å². The Morgan fingerprint density at radius 1 is 1.15 bits per heavy atom. The Morgan fingerprint density at radius 3 is 2.62 bits per heavy atom. The molecule has 0 saturated heterocycles.